The van der Waals surface area contributed by atoms with Gasteiger partial charge >= 0.3 is 0 Å². The van der Waals surface area contributed by atoms with E-state index in [-0.39, 0.29) is 5.38 Å². The highest BCUT2D eigenvalue weighted by atomic mass is 35.5. The fourth-order valence-corrected chi connectivity index (χ4v) is 4.10. The van der Waals surface area contributed by atoms with Gasteiger partial charge in [-0.25, -0.2) is 9.97 Å². The van der Waals surface area contributed by atoms with Gasteiger partial charge in [0, 0.05) is 31.9 Å². The van der Waals surface area contributed by atoms with Crippen molar-refractivity contribution in [1.29, 1.82) is 0 Å². The van der Waals surface area contributed by atoms with Crippen molar-refractivity contribution >= 4 is 34.4 Å². The number of alkyl halides is 1. The molecule has 6 heteroatoms. The summed E-state index contributed by atoms with van der Waals surface area (Å²) >= 11 is 12.5. The standard InChI is InChI=1S/C20H22Cl2N4/c1-14(21)19-24-18-11-16(22)12-23-20(18)26(19)17-7-9-25(10-8-17)13-15-5-3-2-4-6-15/h2-6,11-12,14,17H,7-10,13H2,1H3. The molecule has 1 fully saturated rings. The Morgan fingerprint density at radius 3 is 2.62 bits per heavy atom. The van der Waals surface area contributed by atoms with E-state index in [0.717, 1.165) is 49.5 Å². The van der Waals surface area contributed by atoms with Crippen molar-refractivity contribution in [3.8, 4) is 0 Å². The van der Waals surface area contributed by atoms with E-state index in [4.69, 9.17) is 28.2 Å². The highest BCUT2D eigenvalue weighted by Crippen LogP contribution is 2.33. The Morgan fingerprint density at radius 2 is 1.92 bits per heavy atom. The average molecular weight is 389 g/mol. The van der Waals surface area contributed by atoms with E-state index in [1.165, 1.54) is 5.56 Å². The monoisotopic (exact) mass is 388 g/mol. The van der Waals surface area contributed by atoms with Crippen LogP contribution in [0.15, 0.2) is 42.6 Å². The van der Waals surface area contributed by atoms with Gasteiger partial charge in [0.1, 0.15) is 11.3 Å². The molecule has 4 nitrogen and oxygen atoms in total. The van der Waals surface area contributed by atoms with Gasteiger partial charge in [0.05, 0.1) is 10.4 Å². The maximum atomic E-state index is 6.42. The summed E-state index contributed by atoms with van der Waals surface area (Å²) in [6, 6.07) is 12.9. The molecule has 0 N–H and O–H groups in total. The van der Waals surface area contributed by atoms with Gasteiger partial charge in [0.15, 0.2) is 5.65 Å². The van der Waals surface area contributed by atoms with Crippen LogP contribution in [0.2, 0.25) is 5.02 Å². The molecule has 0 bridgehead atoms. The van der Waals surface area contributed by atoms with Crippen LogP contribution in [0.1, 0.15) is 42.6 Å². The van der Waals surface area contributed by atoms with Crippen LogP contribution >= 0.6 is 23.2 Å². The molecule has 0 saturated carbocycles. The van der Waals surface area contributed by atoms with E-state index in [1.54, 1.807) is 6.20 Å². The van der Waals surface area contributed by atoms with Gasteiger partial charge in [-0.1, -0.05) is 41.9 Å². The third-order valence-corrected chi connectivity index (χ3v) is 5.45. The first kappa shape index (κ1) is 17.8. The van der Waals surface area contributed by atoms with E-state index in [9.17, 15) is 0 Å². The number of pyridine rings is 1. The van der Waals surface area contributed by atoms with Gasteiger partial charge in [-0.2, -0.15) is 0 Å². The Hall–Kier alpha value is -1.62. The molecule has 3 heterocycles. The summed E-state index contributed by atoms with van der Waals surface area (Å²) in [5.74, 6) is 0.887. The van der Waals surface area contributed by atoms with E-state index in [0.29, 0.717) is 11.1 Å². The van der Waals surface area contributed by atoms with Crippen molar-refractivity contribution in [3.63, 3.8) is 0 Å². The number of imidazole rings is 1. The number of likely N-dealkylation sites (tertiary alicyclic amines) is 1. The predicted molar refractivity (Wildman–Crippen MR) is 107 cm³/mol. The molecule has 1 atom stereocenters. The molecule has 0 amide bonds. The first-order valence-corrected chi connectivity index (χ1v) is 9.87. The van der Waals surface area contributed by atoms with Crippen LogP contribution in [0.3, 0.4) is 0 Å². The molecule has 0 aliphatic carbocycles. The predicted octanol–water partition coefficient (Wildman–Crippen LogP) is 5.22. The summed E-state index contributed by atoms with van der Waals surface area (Å²) in [4.78, 5) is 11.8. The van der Waals surface area contributed by atoms with Gasteiger partial charge in [0.2, 0.25) is 0 Å². The topological polar surface area (TPSA) is 34.0 Å². The van der Waals surface area contributed by atoms with Crippen molar-refractivity contribution in [2.24, 2.45) is 0 Å². The van der Waals surface area contributed by atoms with E-state index >= 15 is 0 Å². The summed E-state index contributed by atoms with van der Waals surface area (Å²) < 4.78 is 2.24. The van der Waals surface area contributed by atoms with Gasteiger partial charge in [-0.15, -0.1) is 11.6 Å². The second-order valence-corrected chi connectivity index (χ2v) is 8.04. The number of nitrogens with zero attached hydrogens (tertiary/aromatic N) is 4. The lowest BCUT2D eigenvalue weighted by molar-refractivity contribution is 0.179. The summed E-state index contributed by atoms with van der Waals surface area (Å²) in [6.45, 7) is 5.09. The Labute approximate surface area is 163 Å². The molecule has 1 unspecified atom stereocenters. The molecule has 26 heavy (non-hydrogen) atoms. The number of aromatic nitrogens is 3. The largest absolute Gasteiger partial charge is 0.308 e. The van der Waals surface area contributed by atoms with Crippen LogP contribution in [0.4, 0.5) is 0 Å². The zero-order valence-corrected chi connectivity index (χ0v) is 16.3. The molecular formula is C20H22Cl2N4. The third-order valence-electron chi connectivity index (χ3n) is 5.05. The maximum Gasteiger partial charge on any atom is 0.160 e. The quantitative estimate of drug-likeness (QED) is 0.574. The zero-order chi connectivity index (χ0) is 18.1. The van der Waals surface area contributed by atoms with Crippen LogP contribution in [-0.2, 0) is 6.54 Å². The molecular weight excluding hydrogens is 367 g/mol. The second-order valence-electron chi connectivity index (χ2n) is 6.95. The average Bonchev–Trinajstić information content (AvgIpc) is 3.02. The zero-order valence-electron chi connectivity index (χ0n) is 14.8. The number of fused-ring (bicyclic) bond motifs is 1. The lowest BCUT2D eigenvalue weighted by atomic mass is 10.0. The number of halogens is 2. The van der Waals surface area contributed by atoms with Gasteiger partial charge in [-0.3, -0.25) is 4.90 Å². The number of hydrogen-bond donors (Lipinski definition) is 0. The minimum atomic E-state index is -0.162. The second kappa shape index (κ2) is 7.55. The molecule has 2 aromatic heterocycles. The molecule has 1 aromatic carbocycles. The Bertz CT molecular complexity index is 883. The molecule has 136 valence electrons. The lowest BCUT2D eigenvalue weighted by Gasteiger charge is -2.33. The number of benzene rings is 1. The van der Waals surface area contributed by atoms with E-state index < -0.39 is 0 Å². The van der Waals surface area contributed by atoms with Crippen molar-refractivity contribution in [3.05, 3.63) is 59.0 Å². The van der Waals surface area contributed by atoms with Crippen LogP contribution in [-0.4, -0.2) is 32.5 Å². The van der Waals surface area contributed by atoms with E-state index in [2.05, 4.69) is 44.8 Å². The minimum Gasteiger partial charge on any atom is -0.308 e. The lowest BCUT2D eigenvalue weighted by Crippen LogP contribution is -2.34. The van der Waals surface area contributed by atoms with Gasteiger partial charge < -0.3 is 4.57 Å². The normalized spacial score (nSPS) is 17.7. The van der Waals surface area contributed by atoms with Gasteiger partial charge in [0.25, 0.3) is 0 Å². The molecule has 1 aliphatic heterocycles. The minimum absolute atomic E-state index is 0.162. The van der Waals surface area contributed by atoms with Crippen LogP contribution < -0.4 is 0 Å². The van der Waals surface area contributed by atoms with Crippen LogP contribution in [0.5, 0.6) is 0 Å². The molecule has 3 aromatic rings. The number of piperidine rings is 1. The smallest absolute Gasteiger partial charge is 0.160 e. The number of rotatable bonds is 4. The highest BCUT2D eigenvalue weighted by molar-refractivity contribution is 6.31. The molecule has 0 radical (unpaired) electrons. The van der Waals surface area contributed by atoms with Crippen LogP contribution in [0, 0.1) is 0 Å². The van der Waals surface area contributed by atoms with Gasteiger partial charge in [-0.05, 0) is 31.4 Å². The Morgan fingerprint density at radius 1 is 1.19 bits per heavy atom. The number of hydrogen-bond acceptors (Lipinski definition) is 3. The van der Waals surface area contributed by atoms with Crippen LogP contribution in [0.25, 0.3) is 11.2 Å². The summed E-state index contributed by atoms with van der Waals surface area (Å²) in [5, 5.41) is 0.443. The van der Waals surface area contributed by atoms with Crippen molar-refractivity contribution in [2.75, 3.05) is 13.1 Å². The van der Waals surface area contributed by atoms with Crippen molar-refractivity contribution in [2.45, 2.75) is 37.7 Å². The SMILES string of the molecule is CC(Cl)c1nc2cc(Cl)cnc2n1C1CCN(Cc2ccccc2)CC1. The van der Waals surface area contributed by atoms with E-state index in [1.807, 2.05) is 13.0 Å². The first-order valence-electron chi connectivity index (χ1n) is 9.05. The summed E-state index contributed by atoms with van der Waals surface area (Å²) in [7, 11) is 0. The first-order chi connectivity index (χ1) is 12.6. The maximum absolute atomic E-state index is 6.42. The van der Waals surface area contributed by atoms with Crippen molar-refractivity contribution < 1.29 is 0 Å². The third kappa shape index (κ3) is 3.59. The van der Waals surface area contributed by atoms with Crippen molar-refractivity contribution in [1.82, 2.24) is 19.4 Å². The fraction of sp³-hybridized carbons (Fsp3) is 0.400. The molecule has 4 rings (SSSR count). The molecule has 1 saturated heterocycles. The highest BCUT2D eigenvalue weighted by Gasteiger charge is 2.26. The Kier molecular flexibility index (Phi) is 5.16. The molecule has 1 aliphatic rings. The Balaban J connectivity index is 1.54. The summed E-state index contributed by atoms with van der Waals surface area (Å²) in [5.41, 5.74) is 3.08. The fourth-order valence-electron chi connectivity index (χ4n) is 3.79. The summed E-state index contributed by atoms with van der Waals surface area (Å²) in [6.07, 6.45) is 3.83. The molecule has 0 spiro atoms.